The summed E-state index contributed by atoms with van der Waals surface area (Å²) >= 11 is 1.73. The van der Waals surface area contributed by atoms with E-state index in [9.17, 15) is 0 Å². The smallest absolute Gasteiger partial charge is 0.122 e. The first-order valence-electron chi connectivity index (χ1n) is 11.3. The molecule has 0 aliphatic heterocycles. The van der Waals surface area contributed by atoms with Crippen molar-refractivity contribution in [2.75, 3.05) is 0 Å². The molecule has 1 radical (unpaired) electrons. The normalized spacial score (nSPS) is 10.7. The molecule has 0 fully saturated rings. The zero-order valence-electron chi connectivity index (χ0n) is 19.4. The zero-order chi connectivity index (χ0) is 23.6. The van der Waals surface area contributed by atoms with Gasteiger partial charge in [-0.15, -0.1) is 65.4 Å². The monoisotopic (exact) mass is 661 g/mol. The first kappa shape index (κ1) is 24.1. The molecule has 7 rings (SSSR count). The fraction of sp³-hybridized carbons (Fsp3) is 0.0323. The van der Waals surface area contributed by atoms with E-state index < -0.39 is 0 Å². The molecule has 3 aromatic carbocycles. The minimum absolute atomic E-state index is 0. The van der Waals surface area contributed by atoms with E-state index in [0.717, 1.165) is 50.0 Å². The number of pyridine rings is 2. The van der Waals surface area contributed by atoms with Gasteiger partial charge in [0, 0.05) is 42.6 Å². The second-order valence-electron chi connectivity index (χ2n) is 8.22. The van der Waals surface area contributed by atoms with Gasteiger partial charge >= 0.3 is 0 Å². The summed E-state index contributed by atoms with van der Waals surface area (Å²) in [6.45, 7) is 2.04. The van der Waals surface area contributed by atoms with Crippen LogP contribution in [0.2, 0.25) is 0 Å². The maximum Gasteiger partial charge on any atom is 0.122 e. The number of hydrogen-bond donors (Lipinski definition) is 0. The fourth-order valence-corrected chi connectivity index (χ4v) is 4.88. The Morgan fingerprint density at radius 2 is 1.72 bits per heavy atom. The second kappa shape index (κ2) is 10.5. The van der Waals surface area contributed by atoms with Crippen molar-refractivity contribution in [3.8, 4) is 22.5 Å². The van der Waals surface area contributed by atoms with Gasteiger partial charge in [0.25, 0.3) is 0 Å². The van der Waals surface area contributed by atoms with Gasteiger partial charge in [0.1, 0.15) is 5.58 Å². The quantitative estimate of drug-likeness (QED) is 0.175. The van der Waals surface area contributed by atoms with Crippen LogP contribution in [-0.4, -0.2) is 9.97 Å². The first-order chi connectivity index (χ1) is 17.3. The molecule has 3 nitrogen and oxygen atoms in total. The third kappa shape index (κ3) is 4.74. The summed E-state index contributed by atoms with van der Waals surface area (Å²) in [6, 6.07) is 34.7. The van der Waals surface area contributed by atoms with Gasteiger partial charge in [-0.3, -0.25) is 0 Å². The van der Waals surface area contributed by atoms with Gasteiger partial charge in [-0.25, -0.2) is 0 Å². The standard InChI is InChI=1S/C20H12NOS.C11H8N.Ir/c1-12-5-6-17(21-11-12)15-4-2-3-14-16-9-13-7-8-23-19(13)10-18(16)22-20(14)15;1-2-6-10(7-3-1)11-8-4-5-9-12-11;/h2-3,5-11H,1H3;1-6,8-9H;/q2*-1;. The third-order valence-corrected chi connectivity index (χ3v) is 6.70. The van der Waals surface area contributed by atoms with Crippen LogP contribution in [0.3, 0.4) is 0 Å². The summed E-state index contributed by atoms with van der Waals surface area (Å²) in [5, 5.41) is 5.63. The molecule has 0 amide bonds. The first-order valence-corrected chi connectivity index (χ1v) is 12.2. The second-order valence-corrected chi connectivity index (χ2v) is 9.16. The van der Waals surface area contributed by atoms with Gasteiger partial charge < -0.3 is 14.4 Å². The molecule has 4 aromatic heterocycles. The van der Waals surface area contributed by atoms with E-state index in [4.69, 9.17) is 4.42 Å². The number of fused-ring (bicyclic) bond motifs is 4. The van der Waals surface area contributed by atoms with Crippen LogP contribution in [0.15, 0.2) is 107 Å². The Bertz CT molecular complexity index is 1700. The molecule has 5 heteroatoms. The molecule has 0 unspecified atom stereocenters. The van der Waals surface area contributed by atoms with Crippen molar-refractivity contribution in [3.63, 3.8) is 0 Å². The van der Waals surface area contributed by atoms with Gasteiger partial charge in [0.15, 0.2) is 0 Å². The number of thiophene rings is 1. The number of aromatic nitrogens is 2. The van der Waals surface area contributed by atoms with Crippen LogP contribution in [0.1, 0.15) is 5.56 Å². The Kier molecular flexibility index (Phi) is 7.06. The molecule has 0 saturated carbocycles. The summed E-state index contributed by atoms with van der Waals surface area (Å²) in [6.07, 6.45) is 3.66. The Morgan fingerprint density at radius 3 is 2.50 bits per heavy atom. The Hall–Kier alpha value is -3.63. The number of rotatable bonds is 2. The van der Waals surface area contributed by atoms with Crippen molar-refractivity contribution in [2.24, 2.45) is 0 Å². The van der Waals surface area contributed by atoms with E-state index in [2.05, 4.69) is 57.8 Å². The number of furan rings is 1. The van der Waals surface area contributed by atoms with Gasteiger partial charge in [-0.05, 0) is 58.9 Å². The summed E-state index contributed by atoms with van der Waals surface area (Å²) in [7, 11) is 0. The van der Waals surface area contributed by atoms with Crippen molar-refractivity contribution in [2.45, 2.75) is 6.92 Å². The van der Waals surface area contributed by atoms with Crippen LogP contribution in [0.4, 0.5) is 0 Å². The van der Waals surface area contributed by atoms with Crippen LogP contribution in [0, 0.1) is 19.1 Å². The largest absolute Gasteiger partial charge is 0.501 e. The van der Waals surface area contributed by atoms with Gasteiger partial charge in [-0.2, -0.15) is 0 Å². The van der Waals surface area contributed by atoms with Crippen LogP contribution in [-0.2, 0) is 20.1 Å². The van der Waals surface area contributed by atoms with Crippen molar-refractivity contribution in [3.05, 3.63) is 120 Å². The molecular formula is C31H20IrN2OS-2. The summed E-state index contributed by atoms with van der Waals surface area (Å²) < 4.78 is 7.43. The molecular weight excluding hydrogens is 641 g/mol. The molecule has 0 saturated heterocycles. The maximum absolute atomic E-state index is 6.18. The molecule has 0 spiro atoms. The summed E-state index contributed by atoms with van der Waals surface area (Å²) in [5.74, 6) is 0. The van der Waals surface area contributed by atoms with Crippen LogP contribution < -0.4 is 0 Å². The Balaban J connectivity index is 0.000000175. The minimum atomic E-state index is 0. The van der Waals surface area contributed by atoms with Gasteiger partial charge in [0.2, 0.25) is 0 Å². The predicted molar refractivity (Wildman–Crippen MR) is 144 cm³/mol. The number of benzene rings is 3. The molecule has 0 N–H and O–H groups in total. The van der Waals surface area contributed by atoms with E-state index in [-0.39, 0.29) is 20.1 Å². The SMILES string of the molecule is Cc1ccc(-c2[c-]ccc3c2oc2cc4sccc4cc23)nc1.[Ir].[c-]1ccccc1-c1ccccn1. The van der Waals surface area contributed by atoms with Gasteiger partial charge in [-0.1, -0.05) is 35.2 Å². The Labute approximate surface area is 226 Å². The van der Waals surface area contributed by atoms with Crippen molar-refractivity contribution >= 4 is 43.4 Å². The van der Waals surface area contributed by atoms with Crippen molar-refractivity contribution in [1.82, 2.24) is 9.97 Å². The van der Waals surface area contributed by atoms with E-state index in [0.29, 0.717) is 0 Å². The average Bonchev–Trinajstić information content (AvgIpc) is 3.53. The van der Waals surface area contributed by atoms with Gasteiger partial charge in [0.05, 0.1) is 5.58 Å². The van der Waals surface area contributed by atoms with Crippen molar-refractivity contribution in [1.29, 1.82) is 0 Å². The molecule has 36 heavy (non-hydrogen) atoms. The molecule has 0 atom stereocenters. The van der Waals surface area contributed by atoms with E-state index in [1.165, 1.54) is 10.1 Å². The minimum Gasteiger partial charge on any atom is -0.501 e. The third-order valence-electron chi connectivity index (χ3n) is 5.82. The van der Waals surface area contributed by atoms with Crippen LogP contribution in [0.5, 0.6) is 0 Å². The average molecular weight is 661 g/mol. The zero-order valence-corrected chi connectivity index (χ0v) is 22.6. The molecule has 177 valence electrons. The summed E-state index contributed by atoms with van der Waals surface area (Å²) in [4.78, 5) is 8.74. The molecule has 0 aliphatic rings. The number of aryl methyl sites for hydroxylation is 1. The number of nitrogens with zero attached hydrogens (tertiary/aromatic N) is 2. The number of hydrogen-bond acceptors (Lipinski definition) is 4. The maximum atomic E-state index is 6.18. The Morgan fingerprint density at radius 1 is 0.806 bits per heavy atom. The van der Waals surface area contributed by atoms with Crippen LogP contribution >= 0.6 is 11.3 Å². The molecule has 7 aromatic rings. The predicted octanol–water partition coefficient (Wildman–Crippen LogP) is 8.52. The van der Waals surface area contributed by atoms with E-state index >= 15 is 0 Å². The molecule has 4 heterocycles. The molecule has 0 aliphatic carbocycles. The molecule has 0 bridgehead atoms. The van der Waals surface area contributed by atoms with E-state index in [1.54, 1.807) is 17.5 Å². The van der Waals surface area contributed by atoms with E-state index in [1.807, 2.05) is 67.7 Å². The topological polar surface area (TPSA) is 38.9 Å². The van der Waals surface area contributed by atoms with Crippen LogP contribution in [0.25, 0.3) is 54.5 Å². The summed E-state index contributed by atoms with van der Waals surface area (Å²) in [5.41, 5.74) is 6.74. The fourth-order valence-electron chi connectivity index (χ4n) is 4.08. The van der Waals surface area contributed by atoms with Crippen molar-refractivity contribution < 1.29 is 24.5 Å².